The third-order valence-corrected chi connectivity index (χ3v) is 6.13. The summed E-state index contributed by atoms with van der Waals surface area (Å²) in [5.41, 5.74) is 1.45. The largest absolute Gasteiger partial charge is 0.297 e. The molecule has 0 saturated carbocycles. The van der Waals surface area contributed by atoms with Crippen molar-refractivity contribution in [1.29, 1.82) is 0 Å². The van der Waals surface area contributed by atoms with E-state index in [1.165, 1.54) is 0 Å². The molecule has 0 saturated heterocycles. The zero-order valence-electron chi connectivity index (χ0n) is 16.3. The van der Waals surface area contributed by atoms with Crippen LogP contribution in [0.5, 0.6) is 0 Å². The molecule has 0 N–H and O–H groups in total. The number of aryl methyl sites for hydroxylation is 2. The normalized spacial score (nSPS) is 11.4. The van der Waals surface area contributed by atoms with Crippen LogP contribution in [0, 0.1) is 13.8 Å². The van der Waals surface area contributed by atoms with Gasteiger partial charge in [-0.3, -0.25) is 19.1 Å². The molecule has 0 amide bonds. The maximum atomic E-state index is 13.3. The van der Waals surface area contributed by atoms with E-state index >= 15 is 0 Å². The molecule has 0 atom stereocenters. The van der Waals surface area contributed by atoms with Gasteiger partial charge in [0, 0.05) is 10.4 Å². The standard InChI is InChI=1S/C21H25N3O2S/c1-5-23(6-2)13-18-22-20-19(14(3)15(4)27-20)21(26)24(18)12-17(25)16-10-8-7-9-11-16/h7-11H,5-6,12-13H2,1-4H3. The summed E-state index contributed by atoms with van der Waals surface area (Å²) in [7, 11) is 0. The van der Waals surface area contributed by atoms with Crippen molar-refractivity contribution < 1.29 is 4.79 Å². The highest BCUT2D eigenvalue weighted by atomic mass is 32.1. The minimum absolute atomic E-state index is 0.0106. The first-order chi connectivity index (χ1) is 13.0. The van der Waals surface area contributed by atoms with Crippen LogP contribution in [0.25, 0.3) is 10.2 Å². The Hall–Kier alpha value is -2.31. The van der Waals surface area contributed by atoms with Crippen LogP contribution in [0.1, 0.15) is 40.5 Å². The van der Waals surface area contributed by atoms with Gasteiger partial charge in [0.05, 0.1) is 18.5 Å². The summed E-state index contributed by atoms with van der Waals surface area (Å²) < 4.78 is 1.56. The van der Waals surface area contributed by atoms with Crippen molar-refractivity contribution in [2.24, 2.45) is 0 Å². The fourth-order valence-electron chi connectivity index (χ4n) is 3.16. The lowest BCUT2D eigenvalue weighted by Crippen LogP contribution is -2.33. The number of rotatable bonds is 7. The molecular formula is C21H25N3O2S. The number of Topliss-reactive ketones (excluding diaryl/α,β-unsaturated/α-hetero) is 1. The first-order valence-corrected chi connectivity index (χ1v) is 10.1. The number of ketones is 1. The van der Waals surface area contributed by atoms with E-state index in [2.05, 4.69) is 18.7 Å². The zero-order chi connectivity index (χ0) is 19.6. The number of fused-ring (bicyclic) bond motifs is 1. The number of hydrogen-bond acceptors (Lipinski definition) is 5. The van der Waals surface area contributed by atoms with E-state index in [0.717, 1.165) is 28.4 Å². The van der Waals surface area contributed by atoms with Crippen LogP contribution in [0.4, 0.5) is 0 Å². The highest BCUT2D eigenvalue weighted by Crippen LogP contribution is 2.26. The zero-order valence-corrected chi connectivity index (χ0v) is 17.1. The molecule has 0 aliphatic rings. The number of hydrogen-bond donors (Lipinski definition) is 0. The highest BCUT2D eigenvalue weighted by molar-refractivity contribution is 7.18. The Labute approximate surface area is 163 Å². The van der Waals surface area contributed by atoms with E-state index in [-0.39, 0.29) is 17.9 Å². The molecule has 142 valence electrons. The Kier molecular flexibility index (Phi) is 5.87. The molecule has 3 aromatic rings. The number of carbonyl (C=O) groups is 1. The van der Waals surface area contributed by atoms with Crippen LogP contribution in [-0.2, 0) is 13.1 Å². The van der Waals surface area contributed by atoms with Crippen LogP contribution in [0.2, 0.25) is 0 Å². The number of benzene rings is 1. The lowest BCUT2D eigenvalue weighted by atomic mass is 10.1. The van der Waals surface area contributed by atoms with Gasteiger partial charge in [-0.05, 0) is 32.5 Å². The van der Waals surface area contributed by atoms with Gasteiger partial charge in [0.15, 0.2) is 5.78 Å². The lowest BCUT2D eigenvalue weighted by molar-refractivity contribution is 0.0968. The van der Waals surface area contributed by atoms with Crippen LogP contribution < -0.4 is 5.56 Å². The number of nitrogens with zero attached hydrogens (tertiary/aromatic N) is 3. The maximum absolute atomic E-state index is 13.3. The van der Waals surface area contributed by atoms with Gasteiger partial charge in [-0.2, -0.15) is 0 Å². The molecule has 0 aliphatic heterocycles. The van der Waals surface area contributed by atoms with Crippen molar-refractivity contribution in [3.05, 3.63) is 62.5 Å². The molecule has 2 heterocycles. The molecule has 0 spiro atoms. The third-order valence-electron chi connectivity index (χ3n) is 5.02. The topological polar surface area (TPSA) is 55.2 Å². The SMILES string of the molecule is CCN(CC)Cc1nc2sc(C)c(C)c2c(=O)n1CC(=O)c1ccccc1. The summed E-state index contributed by atoms with van der Waals surface area (Å²) in [4.78, 5) is 34.9. The van der Waals surface area contributed by atoms with E-state index in [1.54, 1.807) is 28.0 Å². The molecule has 5 nitrogen and oxygen atoms in total. The Bertz CT molecular complexity index is 1020. The summed E-state index contributed by atoms with van der Waals surface area (Å²) in [6.07, 6.45) is 0. The molecule has 27 heavy (non-hydrogen) atoms. The van der Waals surface area contributed by atoms with Gasteiger partial charge in [-0.15, -0.1) is 11.3 Å². The van der Waals surface area contributed by atoms with E-state index in [9.17, 15) is 9.59 Å². The van der Waals surface area contributed by atoms with E-state index in [4.69, 9.17) is 4.98 Å². The minimum Gasteiger partial charge on any atom is -0.297 e. The summed E-state index contributed by atoms with van der Waals surface area (Å²) in [6.45, 7) is 10.4. The minimum atomic E-state index is -0.117. The molecule has 3 rings (SSSR count). The second kappa shape index (κ2) is 8.15. The molecule has 6 heteroatoms. The van der Waals surface area contributed by atoms with Gasteiger partial charge in [0.2, 0.25) is 0 Å². The Morgan fingerprint density at radius 3 is 2.44 bits per heavy atom. The summed E-state index contributed by atoms with van der Waals surface area (Å²) in [5, 5.41) is 0.640. The predicted octanol–water partition coefficient (Wildman–Crippen LogP) is 3.80. The van der Waals surface area contributed by atoms with Gasteiger partial charge in [-0.1, -0.05) is 44.2 Å². The number of carbonyl (C=O) groups excluding carboxylic acids is 1. The summed E-state index contributed by atoms with van der Waals surface area (Å²) in [5.74, 6) is 0.575. The predicted molar refractivity (Wildman–Crippen MR) is 111 cm³/mol. The maximum Gasteiger partial charge on any atom is 0.263 e. The second-order valence-electron chi connectivity index (χ2n) is 6.63. The molecule has 0 bridgehead atoms. The average molecular weight is 384 g/mol. The van der Waals surface area contributed by atoms with Gasteiger partial charge in [0.25, 0.3) is 5.56 Å². The van der Waals surface area contributed by atoms with Crippen molar-refractivity contribution in [2.45, 2.75) is 40.8 Å². The summed E-state index contributed by atoms with van der Waals surface area (Å²) in [6, 6.07) is 9.11. The molecule has 2 aromatic heterocycles. The molecule has 0 radical (unpaired) electrons. The van der Waals surface area contributed by atoms with E-state index < -0.39 is 0 Å². The van der Waals surface area contributed by atoms with Crippen molar-refractivity contribution >= 4 is 27.3 Å². The molecule has 0 aliphatic carbocycles. The summed E-state index contributed by atoms with van der Waals surface area (Å²) >= 11 is 1.55. The van der Waals surface area contributed by atoms with Crippen molar-refractivity contribution in [2.75, 3.05) is 13.1 Å². The fourth-order valence-corrected chi connectivity index (χ4v) is 4.20. The Balaban J connectivity index is 2.12. The van der Waals surface area contributed by atoms with Gasteiger partial charge in [-0.25, -0.2) is 4.98 Å². The quantitative estimate of drug-likeness (QED) is 0.582. The molecule has 0 fully saturated rings. The molecule has 1 aromatic carbocycles. The fraction of sp³-hybridized carbons (Fsp3) is 0.381. The first-order valence-electron chi connectivity index (χ1n) is 9.26. The average Bonchev–Trinajstić information content (AvgIpc) is 2.97. The monoisotopic (exact) mass is 383 g/mol. The molecular weight excluding hydrogens is 358 g/mol. The van der Waals surface area contributed by atoms with Crippen LogP contribution in [-0.4, -0.2) is 33.3 Å². The molecule has 0 unspecified atom stereocenters. The van der Waals surface area contributed by atoms with Gasteiger partial charge < -0.3 is 0 Å². The van der Waals surface area contributed by atoms with Crippen LogP contribution in [0.15, 0.2) is 35.1 Å². The Morgan fingerprint density at radius 2 is 1.81 bits per heavy atom. The van der Waals surface area contributed by atoms with Crippen molar-refractivity contribution in [1.82, 2.24) is 14.5 Å². The number of thiophene rings is 1. The first kappa shape index (κ1) is 19.5. The van der Waals surface area contributed by atoms with E-state index in [0.29, 0.717) is 23.3 Å². The second-order valence-corrected chi connectivity index (χ2v) is 7.84. The highest BCUT2D eigenvalue weighted by Gasteiger charge is 2.19. The van der Waals surface area contributed by atoms with Crippen molar-refractivity contribution in [3.8, 4) is 0 Å². The van der Waals surface area contributed by atoms with Gasteiger partial charge in [0.1, 0.15) is 10.7 Å². The van der Waals surface area contributed by atoms with Gasteiger partial charge >= 0.3 is 0 Å². The van der Waals surface area contributed by atoms with E-state index in [1.807, 2.05) is 32.0 Å². The van der Waals surface area contributed by atoms with Crippen molar-refractivity contribution in [3.63, 3.8) is 0 Å². The van der Waals surface area contributed by atoms with Crippen LogP contribution in [0.3, 0.4) is 0 Å². The lowest BCUT2D eigenvalue weighted by Gasteiger charge is -2.20. The third kappa shape index (κ3) is 3.87. The van der Waals surface area contributed by atoms with Crippen LogP contribution >= 0.6 is 11.3 Å². The smallest absolute Gasteiger partial charge is 0.263 e. The number of aromatic nitrogens is 2. The Morgan fingerprint density at radius 1 is 1.15 bits per heavy atom.